The van der Waals surface area contributed by atoms with Crippen LogP contribution in [-0.2, 0) is 4.79 Å². The largest absolute Gasteiger partial charge is 0.467 e. The van der Waals surface area contributed by atoms with Gasteiger partial charge in [0.1, 0.15) is 11.7 Å². The molecule has 4 rings (SSSR count). The van der Waals surface area contributed by atoms with E-state index in [9.17, 15) is 4.79 Å². The van der Waals surface area contributed by atoms with E-state index in [0.717, 1.165) is 22.4 Å². The molecule has 3 atom stereocenters. The molecule has 27 heavy (non-hydrogen) atoms. The van der Waals surface area contributed by atoms with Crippen LogP contribution in [0.5, 0.6) is 5.75 Å². The molecule has 140 valence electrons. The van der Waals surface area contributed by atoms with Gasteiger partial charge in [0, 0.05) is 16.3 Å². The van der Waals surface area contributed by atoms with Crippen molar-refractivity contribution in [3.63, 3.8) is 0 Å². The first-order valence-corrected chi connectivity index (χ1v) is 9.51. The Morgan fingerprint density at radius 2 is 2.04 bits per heavy atom. The smallest absolute Gasteiger partial charge is 0.236 e. The van der Waals surface area contributed by atoms with Gasteiger partial charge in [-0.1, -0.05) is 29.3 Å². The van der Waals surface area contributed by atoms with Crippen LogP contribution in [0.25, 0.3) is 0 Å². The highest BCUT2D eigenvalue weighted by Gasteiger charge is 2.54. The van der Waals surface area contributed by atoms with Gasteiger partial charge in [0.05, 0.1) is 6.04 Å². The van der Waals surface area contributed by atoms with E-state index in [-0.39, 0.29) is 11.9 Å². The summed E-state index contributed by atoms with van der Waals surface area (Å²) in [6.45, 7) is 5.84. The third-order valence-corrected chi connectivity index (χ3v) is 5.58. The van der Waals surface area contributed by atoms with Crippen molar-refractivity contribution in [2.45, 2.75) is 32.5 Å². The molecular formula is C20H20ClN3O2S. The summed E-state index contributed by atoms with van der Waals surface area (Å²) in [5.74, 6) is -0.0107. The van der Waals surface area contributed by atoms with Crippen LogP contribution in [-0.4, -0.2) is 16.7 Å². The lowest BCUT2D eigenvalue weighted by Gasteiger charge is -2.50. The number of benzene rings is 2. The fraction of sp³-hybridized carbons (Fsp3) is 0.300. The molecule has 0 spiro atoms. The van der Waals surface area contributed by atoms with E-state index in [1.165, 1.54) is 0 Å². The van der Waals surface area contributed by atoms with Crippen LogP contribution >= 0.6 is 23.8 Å². The van der Waals surface area contributed by atoms with Crippen molar-refractivity contribution in [1.29, 1.82) is 0 Å². The number of halogens is 1. The van der Waals surface area contributed by atoms with E-state index >= 15 is 0 Å². The van der Waals surface area contributed by atoms with Gasteiger partial charge in [-0.25, -0.2) is 0 Å². The molecule has 2 aliphatic rings. The molecule has 0 saturated carbocycles. The summed E-state index contributed by atoms with van der Waals surface area (Å²) in [5.41, 5.74) is 2.80. The lowest BCUT2D eigenvalue weighted by molar-refractivity contribution is -0.132. The van der Waals surface area contributed by atoms with E-state index in [1.54, 1.807) is 6.07 Å². The van der Waals surface area contributed by atoms with E-state index < -0.39 is 11.6 Å². The molecule has 1 amide bonds. The predicted molar refractivity (Wildman–Crippen MR) is 110 cm³/mol. The number of fused-ring (bicyclic) bond motifs is 4. The molecule has 2 aromatic rings. The SMILES string of the molecule is Cc1ccc(NC(=O)C2C3NC(=S)NC2(C)Oc2ccc(Cl)cc23)c(C)c1. The van der Waals surface area contributed by atoms with E-state index in [1.807, 2.05) is 51.1 Å². The Morgan fingerprint density at radius 3 is 2.78 bits per heavy atom. The molecule has 5 nitrogen and oxygen atoms in total. The minimum Gasteiger partial charge on any atom is -0.467 e. The van der Waals surface area contributed by atoms with Crippen LogP contribution in [0.15, 0.2) is 36.4 Å². The van der Waals surface area contributed by atoms with Crippen LogP contribution in [0, 0.1) is 19.8 Å². The van der Waals surface area contributed by atoms with Crippen molar-refractivity contribution >= 4 is 40.5 Å². The van der Waals surface area contributed by atoms with Crippen molar-refractivity contribution < 1.29 is 9.53 Å². The highest BCUT2D eigenvalue weighted by atomic mass is 35.5. The number of nitrogens with one attached hydrogen (secondary N) is 3. The summed E-state index contributed by atoms with van der Waals surface area (Å²) in [6.07, 6.45) is 0. The maximum atomic E-state index is 13.3. The van der Waals surface area contributed by atoms with Gasteiger partial charge < -0.3 is 20.7 Å². The number of anilines is 1. The normalized spacial score (nSPS) is 25.6. The van der Waals surface area contributed by atoms with Gasteiger partial charge in [-0.3, -0.25) is 4.79 Å². The Kier molecular flexibility index (Phi) is 4.28. The summed E-state index contributed by atoms with van der Waals surface area (Å²) in [6, 6.07) is 11.0. The minimum atomic E-state index is -0.962. The minimum absolute atomic E-state index is 0.150. The lowest BCUT2D eigenvalue weighted by Crippen LogP contribution is -2.70. The summed E-state index contributed by atoms with van der Waals surface area (Å²) in [5, 5.41) is 10.4. The van der Waals surface area contributed by atoms with Crippen LogP contribution in [0.2, 0.25) is 5.02 Å². The van der Waals surface area contributed by atoms with Gasteiger partial charge in [0.2, 0.25) is 5.91 Å². The molecule has 0 radical (unpaired) electrons. The number of hydrogen-bond donors (Lipinski definition) is 3. The second kappa shape index (κ2) is 6.39. The number of amides is 1. The van der Waals surface area contributed by atoms with Crippen molar-refractivity contribution in [3.05, 3.63) is 58.1 Å². The molecule has 2 bridgehead atoms. The van der Waals surface area contributed by atoms with Crippen molar-refractivity contribution in [3.8, 4) is 5.75 Å². The summed E-state index contributed by atoms with van der Waals surface area (Å²) < 4.78 is 6.18. The monoisotopic (exact) mass is 401 g/mol. The van der Waals surface area contributed by atoms with Crippen molar-refractivity contribution in [2.24, 2.45) is 5.92 Å². The highest BCUT2D eigenvalue weighted by Crippen LogP contribution is 2.46. The van der Waals surface area contributed by atoms with E-state index in [0.29, 0.717) is 15.9 Å². The van der Waals surface area contributed by atoms with Gasteiger partial charge in [-0.15, -0.1) is 0 Å². The van der Waals surface area contributed by atoms with Gasteiger partial charge in [0.25, 0.3) is 0 Å². The Bertz CT molecular complexity index is 964. The Balaban J connectivity index is 1.73. The summed E-state index contributed by atoms with van der Waals surface area (Å²) in [4.78, 5) is 13.3. The van der Waals surface area contributed by atoms with Gasteiger partial charge in [0.15, 0.2) is 10.8 Å². The van der Waals surface area contributed by atoms with E-state index in [4.69, 9.17) is 28.6 Å². The standard InChI is InChI=1S/C20H20ClN3O2S/c1-10-4-6-14(11(2)8-10)22-18(25)16-17-13-9-12(21)5-7-15(13)26-20(16,3)24-19(27)23-17/h4-9,16-17H,1-3H3,(H,22,25)(H2,23,24,27). The number of hydrogen-bond acceptors (Lipinski definition) is 3. The molecule has 0 aromatic heterocycles. The number of thiocarbonyl (C=S) groups is 1. The zero-order valence-electron chi connectivity index (χ0n) is 15.2. The first-order chi connectivity index (χ1) is 12.8. The number of rotatable bonds is 2. The van der Waals surface area contributed by atoms with Crippen LogP contribution in [0.3, 0.4) is 0 Å². The van der Waals surface area contributed by atoms with Gasteiger partial charge >= 0.3 is 0 Å². The van der Waals surface area contributed by atoms with Gasteiger partial charge in [-0.2, -0.15) is 0 Å². The first-order valence-electron chi connectivity index (χ1n) is 8.72. The lowest BCUT2D eigenvalue weighted by atomic mass is 9.80. The topological polar surface area (TPSA) is 62.4 Å². The number of ether oxygens (including phenoxy) is 1. The Hall–Kier alpha value is -2.31. The zero-order valence-corrected chi connectivity index (χ0v) is 16.8. The Morgan fingerprint density at radius 1 is 1.26 bits per heavy atom. The maximum Gasteiger partial charge on any atom is 0.236 e. The second-order valence-corrected chi connectivity index (χ2v) is 8.10. The van der Waals surface area contributed by atoms with Crippen molar-refractivity contribution in [1.82, 2.24) is 10.6 Å². The van der Waals surface area contributed by atoms with Crippen LogP contribution in [0.1, 0.15) is 29.7 Å². The molecule has 2 heterocycles. The third kappa shape index (κ3) is 3.13. The maximum absolute atomic E-state index is 13.3. The number of carbonyl (C=O) groups is 1. The Labute approximate surface area is 168 Å². The first kappa shape index (κ1) is 18.1. The molecule has 1 saturated heterocycles. The molecule has 3 N–H and O–H groups in total. The van der Waals surface area contributed by atoms with Gasteiger partial charge in [-0.05, 0) is 62.8 Å². The van der Waals surface area contributed by atoms with Crippen molar-refractivity contribution in [2.75, 3.05) is 5.32 Å². The third-order valence-electron chi connectivity index (χ3n) is 5.13. The summed E-state index contributed by atoms with van der Waals surface area (Å²) in [7, 11) is 0. The van der Waals surface area contributed by atoms with E-state index in [2.05, 4.69) is 16.0 Å². The van der Waals surface area contributed by atoms with Crippen LogP contribution < -0.4 is 20.7 Å². The molecule has 2 aliphatic heterocycles. The zero-order chi connectivity index (χ0) is 19.3. The molecule has 7 heteroatoms. The predicted octanol–water partition coefficient (Wildman–Crippen LogP) is 3.84. The quantitative estimate of drug-likeness (QED) is 0.667. The fourth-order valence-corrected chi connectivity index (χ4v) is 4.39. The average Bonchev–Trinajstić information content (AvgIpc) is 2.57. The molecule has 1 fully saturated rings. The summed E-state index contributed by atoms with van der Waals surface area (Å²) >= 11 is 11.5. The molecule has 2 aromatic carbocycles. The molecule has 3 unspecified atom stereocenters. The molecular weight excluding hydrogens is 382 g/mol. The number of carbonyl (C=O) groups excluding carboxylic acids is 1. The second-order valence-electron chi connectivity index (χ2n) is 7.25. The van der Waals surface area contributed by atoms with Crippen LogP contribution in [0.4, 0.5) is 5.69 Å². The fourth-order valence-electron chi connectivity index (χ4n) is 3.88. The number of aryl methyl sites for hydroxylation is 2. The molecule has 0 aliphatic carbocycles. The average molecular weight is 402 g/mol. The highest BCUT2D eigenvalue weighted by molar-refractivity contribution is 7.80.